The molecule has 0 aromatic heterocycles. The molecular formula is C36H40N2O6. The van der Waals surface area contributed by atoms with Gasteiger partial charge in [-0.2, -0.15) is 0 Å². The average Bonchev–Trinajstić information content (AvgIpc) is 3.02. The largest absolute Gasteiger partial charge is 0.504 e. The molecule has 8 heteroatoms. The summed E-state index contributed by atoms with van der Waals surface area (Å²) >= 11 is 0. The Morgan fingerprint density at radius 3 is 1.64 bits per heavy atom. The van der Waals surface area contributed by atoms with E-state index in [1.165, 1.54) is 11.1 Å². The standard InChI is InChI=1S/C36H40N2O6/c1-37-13-11-24-18-34(42-3)32(40)20-27(24)29(37)15-22-5-8-26(9-6-22)44-36-17-23(7-10-31(36)39)16-30-28-21-33(41)35(43-4)19-25(28)12-14-38(30)2/h5-10,17-21,29-30,39-41H,11-16H2,1-4H3/t29?,30-/m1/s1. The highest BCUT2D eigenvalue weighted by atomic mass is 16.5. The van der Waals surface area contributed by atoms with Gasteiger partial charge in [0.05, 0.1) is 14.2 Å². The lowest BCUT2D eigenvalue weighted by atomic mass is 9.88. The molecule has 2 atom stereocenters. The zero-order valence-electron chi connectivity index (χ0n) is 25.7. The third-order valence-electron chi connectivity index (χ3n) is 9.16. The highest BCUT2D eigenvalue weighted by molar-refractivity contribution is 5.51. The van der Waals surface area contributed by atoms with Gasteiger partial charge in [0.15, 0.2) is 34.5 Å². The third kappa shape index (κ3) is 5.87. The van der Waals surface area contributed by atoms with Crippen molar-refractivity contribution in [1.82, 2.24) is 9.80 Å². The van der Waals surface area contributed by atoms with Crippen LogP contribution in [0.1, 0.15) is 45.5 Å². The van der Waals surface area contributed by atoms with Gasteiger partial charge in [0, 0.05) is 25.2 Å². The van der Waals surface area contributed by atoms with E-state index in [2.05, 4.69) is 36.0 Å². The van der Waals surface area contributed by atoms with E-state index < -0.39 is 0 Å². The van der Waals surface area contributed by atoms with E-state index in [4.69, 9.17) is 14.2 Å². The van der Waals surface area contributed by atoms with Crippen LogP contribution in [-0.4, -0.2) is 66.5 Å². The number of aromatic hydroxyl groups is 3. The van der Waals surface area contributed by atoms with Gasteiger partial charge in [0.25, 0.3) is 0 Å². The molecule has 0 aliphatic carbocycles. The quantitative estimate of drug-likeness (QED) is 0.223. The Labute approximate surface area is 258 Å². The summed E-state index contributed by atoms with van der Waals surface area (Å²) in [5, 5.41) is 31.5. The molecule has 0 saturated carbocycles. The van der Waals surface area contributed by atoms with Crippen LogP contribution in [0.4, 0.5) is 0 Å². The molecule has 0 radical (unpaired) electrons. The van der Waals surface area contributed by atoms with Crippen molar-refractivity contribution >= 4 is 0 Å². The average molecular weight is 597 g/mol. The Morgan fingerprint density at radius 1 is 0.614 bits per heavy atom. The fourth-order valence-electron chi connectivity index (χ4n) is 6.58. The molecule has 1 unspecified atom stereocenters. The third-order valence-corrected chi connectivity index (χ3v) is 9.16. The lowest BCUT2D eigenvalue weighted by Gasteiger charge is -2.35. The molecule has 2 heterocycles. The molecule has 8 nitrogen and oxygen atoms in total. The van der Waals surface area contributed by atoms with E-state index in [1.54, 1.807) is 20.3 Å². The van der Waals surface area contributed by atoms with Crippen LogP contribution < -0.4 is 14.2 Å². The summed E-state index contributed by atoms with van der Waals surface area (Å²) in [5.74, 6) is 2.42. The zero-order valence-corrected chi connectivity index (χ0v) is 25.7. The molecule has 230 valence electrons. The predicted molar refractivity (Wildman–Crippen MR) is 169 cm³/mol. The van der Waals surface area contributed by atoms with Gasteiger partial charge in [-0.3, -0.25) is 9.80 Å². The van der Waals surface area contributed by atoms with Gasteiger partial charge in [-0.15, -0.1) is 0 Å². The van der Waals surface area contributed by atoms with Crippen molar-refractivity contribution in [3.05, 3.63) is 100 Å². The number of phenols is 3. The molecule has 2 aliphatic heterocycles. The fraction of sp³-hybridized carbons (Fsp3) is 0.333. The van der Waals surface area contributed by atoms with Crippen LogP contribution in [0.15, 0.2) is 66.7 Å². The van der Waals surface area contributed by atoms with Crippen LogP contribution in [0.25, 0.3) is 0 Å². The van der Waals surface area contributed by atoms with Crippen molar-refractivity contribution in [2.45, 2.75) is 37.8 Å². The minimum absolute atomic E-state index is 0.0679. The summed E-state index contributed by atoms with van der Waals surface area (Å²) in [7, 11) is 7.35. The Balaban J connectivity index is 1.17. The smallest absolute Gasteiger partial charge is 0.169 e. The fourth-order valence-corrected chi connectivity index (χ4v) is 6.58. The zero-order chi connectivity index (χ0) is 31.0. The summed E-state index contributed by atoms with van der Waals surface area (Å²) in [6, 6.07) is 21.2. The van der Waals surface area contributed by atoms with Crippen molar-refractivity contribution in [1.29, 1.82) is 0 Å². The van der Waals surface area contributed by atoms with Crippen molar-refractivity contribution in [2.24, 2.45) is 0 Å². The van der Waals surface area contributed by atoms with Crippen molar-refractivity contribution in [3.8, 4) is 40.2 Å². The second kappa shape index (κ2) is 12.3. The van der Waals surface area contributed by atoms with E-state index in [0.717, 1.165) is 54.6 Å². The van der Waals surface area contributed by atoms with E-state index >= 15 is 0 Å². The Hall–Kier alpha value is -4.40. The van der Waals surface area contributed by atoms with Crippen LogP contribution in [0, 0.1) is 0 Å². The highest BCUT2D eigenvalue weighted by Crippen LogP contribution is 2.41. The van der Waals surface area contributed by atoms with Crippen LogP contribution in [0.3, 0.4) is 0 Å². The highest BCUT2D eigenvalue weighted by Gasteiger charge is 2.28. The number of rotatable bonds is 8. The number of phenolic OH excluding ortho intramolecular Hbond substituents is 3. The van der Waals surface area contributed by atoms with E-state index in [9.17, 15) is 15.3 Å². The normalized spacial score (nSPS) is 18.4. The Morgan fingerprint density at radius 2 is 1.11 bits per heavy atom. The maximum absolute atomic E-state index is 10.6. The van der Waals surface area contributed by atoms with E-state index in [1.807, 2.05) is 48.5 Å². The molecule has 4 aromatic carbocycles. The number of benzene rings is 4. The van der Waals surface area contributed by atoms with E-state index in [-0.39, 0.29) is 29.3 Å². The van der Waals surface area contributed by atoms with Crippen LogP contribution in [0.2, 0.25) is 0 Å². The van der Waals surface area contributed by atoms with Gasteiger partial charge in [0.2, 0.25) is 0 Å². The van der Waals surface area contributed by atoms with Gasteiger partial charge < -0.3 is 29.5 Å². The lowest BCUT2D eigenvalue weighted by Crippen LogP contribution is -2.33. The van der Waals surface area contributed by atoms with Crippen LogP contribution >= 0.6 is 0 Å². The summed E-state index contributed by atoms with van der Waals surface area (Å²) in [6.45, 7) is 1.83. The molecule has 0 amide bonds. The molecule has 4 aromatic rings. The number of methoxy groups -OCH3 is 2. The summed E-state index contributed by atoms with van der Waals surface area (Å²) in [5.41, 5.74) is 6.76. The number of likely N-dealkylation sites (N-methyl/N-ethyl adjacent to an activating group) is 2. The molecule has 0 fully saturated rings. The van der Waals surface area contributed by atoms with Crippen molar-refractivity contribution in [2.75, 3.05) is 41.4 Å². The molecular weight excluding hydrogens is 556 g/mol. The molecule has 3 N–H and O–H groups in total. The predicted octanol–water partition coefficient (Wildman–Crippen LogP) is 6.16. The van der Waals surface area contributed by atoms with Gasteiger partial charge >= 0.3 is 0 Å². The van der Waals surface area contributed by atoms with Gasteiger partial charge in [-0.1, -0.05) is 18.2 Å². The minimum atomic E-state index is 0.0679. The minimum Gasteiger partial charge on any atom is -0.504 e. The number of hydrogen-bond acceptors (Lipinski definition) is 8. The second-order valence-electron chi connectivity index (χ2n) is 11.9. The SMILES string of the molecule is COc1cc2c(cc1O)C(Cc1ccc(Oc3cc(C[C@@H]4c5cc(O)c(OC)cc5CCN4C)ccc3O)cc1)N(C)CC2. The van der Waals surface area contributed by atoms with E-state index in [0.29, 0.717) is 29.4 Å². The van der Waals surface area contributed by atoms with Crippen LogP contribution in [-0.2, 0) is 25.7 Å². The Bertz CT molecular complexity index is 1650. The maximum atomic E-state index is 10.6. The molecule has 0 spiro atoms. The van der Waals surface area contributed by atoms with Crippen molar-refractivity contribution < 1.29 is 29.5 Å². The molecule has 0 saturated heterocycles. The summed E-state index contributed by atoms with van der Waals surface area (Å²) < 4.78 is 16.8. The van der Waals surface area contributed by atoms with Crippen LogP contribution in [0.5, 0.6) is 40.2 Å². The first-order chi connectivity index (χ1) is 21.2. The number of fused-ring (bicyclic) bond motifs is 2. The molecule has 6 rings (SSSR count). The summed E-state index contributed by atoms with van der Waals surface area (Å²) in [6.07, 6.45) is 3.28. The topological polar surface area (TPSA) is 94.9 Å². The van der Waals surface area contributed by atoms with Gasteiger partial charge in [-0.05, 0) is 122 Å². The lowest BCUT2D eigenvalue weighted by molar-refractivity contribution is 0.228. The molecule has 0 bridgehead atoms. The number of ether oxygens (including phenoxy) is 3. The Kier molecular flexibility index (Phi) is 8.29. The first kappa shape index (κ1) is 29.7. The summed E-state index contributed by atoms with van der Waals surface area (Å²) in [4.78, 5) is 4.61. The maximum Gasteiger partial charge on any atom is 0.169 e. The first-order valence-corrected chi connectivity index (χ1v) is 15.0. The number of hydrogen-bond donors (Lipinski definition) is 3. The molecule has 2 aliphatic rings. The number of nitrogens with zero attached hydrogens (tertiary/aromatic N) is 2. The first-order valence-electron chi connectivity index (χ1n) is 15.0. The molecule has 44 heavy (non-hydrogen) atoms. The van der Waals surface area contributed by atoms with Gasteiger partial charge in [-0.25, -0.2) is 0 Å². The second-order valence-corrected chi connectivity index (χ2v) is 11.9. The monoisotopic (exact) mass is 596 g/mol. The van der Waals surface area contributed by atoms with Crippen molar-refractivity contribution in [3.63, 3.8) is 0 Å². The van der Waals surface area contributed by atoms with Gasteiger partial charge in [0.1, 0.15) is 5.75 Å².